The first kappa shape index (κ1) is 12.6. The second-order valence-corrected chi connectivity index (χ2v) is 4.04. The van der Waals surface area contributed by atoms with E-state index in [-0.39, 0.29) is 5.91 Å². The number of carbonyl (C=O) groups is 1. The number of hydrogen-bond donors (Lipinski definition) is 2. The molecule has 1 heterocycles. The molecule has 0 aliphatic rings. The topological polar surface area (TPSA) is 91.8 Å². The van der Waals surface area contributed by atoms with Crippen LogP contribution in [0.5, 0.6) is 0 Å². The molecule has 0 saturated carbocycles. The highest BCUT2D eigenvalue weighted by Gasteiger charge is 2.10. The van der Waals surface area contributed by atoms with Crippen LogP contribution in [-0.4, -0.2) is 10.9 Å². The van der Waals surface area contributed by atoms with Gasteiger partial charge in [-0.25, -0.2) is 0 Å². The summed E-state index contributed by atoms with van der Waals surface area (Å²) in [7, 11) is 0. The van der Waals surface area contributed by atoms with E-state index >= 15 is 0 Å². The van der Waals surface area contributed by atoms with Crippen molar-refractivity contribution in [1.29, 1.82) is 5.26 Å². The fourth-order valence-electron chi connectivity index (χ4n) is 1.61. The van der Waals surface area contributed by atoms with E-state index in [1.54, 1.807) is 37.3 Å². The highest BCUT2D eigenvalue weighted by Crippen LogP contribution is 2.14. The molecule has 0 spiro atoms. The van der Waals surface area contributed by atoms with Gasteiger partial charge < -0.3 is 11.1 Å². The van der Waals surface area contributed by atoms with Crippen LogP contribution < -0.4 is 11.1 Å². The fraction of sp³-hybridized carbons (Fsp3) is 0.0714. The standard InChI is InChI=1S/C14H12N4O/c1-9-13(6-11(16)8-17-9)14(19)18-12-4-2-10(7-15)3-5-12/h2-6,8H,16H2,1H3,(H,18,19). The molecule has 0 radical (unpaired) electrons. The Balaban J connectivity index is 2.21. The Morgan fingerprint density at radius 1 is 1.37 bits per heavy atom. The number of aromatic nitrogens is 1. The van der Waals surface area contributed by atoms with Crippen molar-refractivity contribution >= 4 is 17.3 Å². The van der Waals surface area contributed by atoms with E-state index in [0.29, 0.717) is 28.2 Å². The van der Waals surface area contributed by atoms with Crippen LogP contribution in [0.2, 0.25) is 0 Å². The molecular weight excluding hydrogens is 240 g/mol. The molecule has 2 aromatic rings. The molecule has 0 aliphatic carbocycles. The van der Waals surface area contributed by atoms with Crippen molar-refractivity contribution in [2.45, 2.75) is 6.92 Å². The Labute approximate surface area is 110 Å². The molecular formula is C14H12N4O. The first-order valence-electron chi connectivity index (χ1n) is 5.64. The van der Waals surface area contributed by atoms with Crippen LogP contribution in [0.15, 0.2) is 36.5 Å². The molecule has 0 unspecified atom stereocenters. The van der Waals surface area contributed by atoms with Crippen molar-refractivity contribution in [1.82, 2.24) is 4.98 Å². The minimum Gasteiger partial charge on any atom is -0.397 e. The molecule has 2 rings (SSSR count). The van der Waals surface area contributed by atoms with Crippen LogP contribution in [-0.2, 0) is 0 Å². The number of amides is 1. The van der Waals surface area contributed by atoms with Gasteiger partial charge in [0.1, 0.15) is 0 Å². The minimum atomic E-state index is -0.276. The lowest BCUT2D eigenvalue weighted by atomic mass is 10.1. The van der Waals surface area contributed by atoms with Gasteiger partial charge >= 0.3 is 0 Å². The van der Waals surface area contributed by atoms with Crippen molar-refractivity contribution in [2.75, 3.05) is 11.1 Å². The van der Waals surface area contributed by atoms with Crippen molar-refractivity contribution in [3.8, 4) is 6.07 Å². The highest BCUT2D eigenvalue weighted by molar-refractivity contribution is 6.05. The largest absolute Gasteiger partial charge is 0.397 e. The van der Waals surface area contributed by atoms with E-state index in [1.165, 1.54) is 6.20 Å². The van der Waals surface area contributed by atoms with E-state index in [2.05, 4.69) is 10.3 Å². The maximum atomic E-state index is 12.1. The van der Waals surface area contributed by atoms with Gasteiger partial charge in [-0.1, -0.05) is 0 Å². The zero-order valence-electron chi connectivity index (χ0n) is 10.3. The number of nitriles is 1. The third-order valence-corrected chi connectivity index (χ3v) is 2.62. The smallest absolute Gasteiger partial charge is 0.257 e. The average Bonchev–Trinajstić information content (AvgIpc) is 2.42. The van der Waals surface area contributed by atoms with Crippen LogP contribution >= 0.6 is 0 Å². The molecule has 5 nitrogen and oxygen atoms in total. The van der Waals surface area contributed by atoms with Crippen molar-refractivity contribution in [3.63, 3.8) is 0 Å². The Morgan fingerprint density at radius 3 is 2.68 bits per heavy atom. The van der Waals surface area contributed by atoms with Gasteiger partial charge in [0.25, 0.3) is 5.91 Å². The summed E-state index contributed by atoms with van der Waals surface area (Å²) in [4.78, 5) is 16.1. The van der Waals surface area contributed by atoms with Gasteiger partial charge in [-0.05, 0) is 37.3 Å². The predicted molar refractivity (Wildman–Crippen MR) is 72.5 cm³/mol. The number of nitrogen functional groups attached to an aromatic ring is 1. The number of carbonyl (C=O) groups excluding carboxylic acids is 1. The van der Waals surface area contributed by atoms with Crippen molar-refractivity contribution in [3.05, 3.63) is 53.3 Å². The zero-order chi connectivity index (χ0) is 13.8. The van der Waals surface area contributed by atoms with Gasteiger partial charge in [0, 0.05) is 5.69 Å². The lowest BCUT2D eigenvalue weighted by Gasteiger charge is -2.07. The average molecular weight is 252 g/mol. The van der Waals surface area contributed by atoms with E-state index in [4.69, 9.17) is 11.0 Å². The van der Waals surface area contributed by atoms with E-state index in [1.807, 2.05) is 6.07 Å². The van der Waals surface area contributed by atoms with Gasteiger partial charge in [0.05, 0.1) is 34.8 Å². The minimum absolute atomic E-state index is 0.276. The molecule has 94 valence electrons. The molecule has 19 heavy (non-hydrogen) atoms. The Hall–Kier alpha value is -2.87. The number of pyridine rings is 1. The Bertz CT molecular complexity index is 656. The van der Waals surface area contributed by atoms with Crippen LogP contribution in [0.4, 0.5) is 11.4 Å². The van der Waals surface area contributed by atoms with Gasteiger partial charge in [-0.15, -0.1) is 0 Å². The third kappa shape index (κ3) is 2.87. The van der Waals surface area contributed by atoms with Gasteiger partial charge in [-0.3, -0.25) is 9.78 Å². The molecule has 3 N–H and O–H groups in total. The van der Waals surface area contributed by atoms with E-state index in [9.17, 15) is 4.79 Å². The maximum Gasteiger partial charge on any atom is 0.257 e. The van der Waals surface area contributed by atoms with Crippen LogP contribution in [0.25, 0.3) is 0 Å². The highest BCUT2D eigenvalue weighted by atomic mass is 16.1. The summed E-state index contributed by atoms with van der Waals surface area (Å²) in [5.41, 5.74) is 8.26. The van der Waals surface area contributed by atoms with Gasteiger partial charge in [0.2, 0.25) is 0 Å². The Kier molecular flexibility index (Phi) is 3.44. The summed E-state index contributed by atoms with van der Waals surface area (Å²) in [6.07, 6.45) is 1.51. The summed E-state index contributed by atoms with van der Waals surface area (Å²) < 4.78 is 0. The summed E-state index contributed by atoms with van der Waals surface area (Å²) in [5, 5.41) is 11.4. The molecule has 0 saturated heterocycles. The predicted octanol–water partition coefficient (Wildman–Crippen LogP) is 2.10. The van der Waals surface area contributed by atoms with E-state index in [0.717, 1.165) is 0 Å². The molecule has 1 aromatic carbocycles. The number of nitrogens with two attached hydrogens (primary N) is 1. The summed E-state index contributed by atoms with van der Waals surface area (Å²) in [6, 6.07) is 10.2. The molecule has 5 heteroatoms. The number of nitrogens with one attached hydrogen (secondary N) is 1. The van der Waals surface area contributed by atoms with Crippen molar-refractivity contribution < 1.29 is 4.79 Å². The summed E-state index contributed by atoms with van der Waals surface area (Å²) >= 11 is 0. The molecule has 0 atom stereocenters. The zero-order valence-corrected chi connectivity index (χ0v) is 10.3. The lowest BCUT2D eigenvalue weighted by Crippen LogP contribution is -2.14. The van der Waals surface area contributed by atoms with Crippen LogP contribution in [0.3, 0.4) is 0 Å². The monoisotopic (exact) mass is 252 g/mol. The number of nitrogens with zero attached hydrogens (tertiary/aromatic N) is 2. The third-order valence-electron chi connectivity index (χ3n) is 2.62. The Morgan fingerprint density at radius 2 is 2.05 bits per heavy atom. The number of hydrogen-bond acceptors (Lipinski definition) is 4. The SMILES string of the molecule is Cc1ncc(N)cc1C(=O)Nc1ccc(C#N)cc1. The molecule has 1 aromatic heterocycles. The maximum absolute atomic E-state index is 12.1. The number of benzene rings is 1. The second kappa shape index (κ2) is 5.19. The first-order chi connectivity index (χ1) is 9.10. The number of aryl methyl sites for hydroxylation is 1. The normalized spacial score (nSPS) is 9.68. The van der Waals surface area contributed by atoms with Crippen LogP contribution in [0.1, 0.15) is 21.6 Å². The van der Waals surface area contributed by atoms with Gasteiger partial charge in [-0.2, -0.15) is 5.26 Å². The summed E-state index contributed by atoms with van der Waals surface area (Å²) in [6.45, 7) is 1.74. The van der Waals surface area contributed by atoms with Crippen LogP contribution in [0, 0.1) is 18.3 Å². The van der Waals surface area contributed by atoms with E-state index < -0.39 is 0 Å². The first-order valence-corrected chi connectivity index (χ1v) is 5.64. The number of anilines is 2. The quantitative estimate of drug-likeness (QED) is 0.856. The summed E-state index contributed by atoms with van der Waals surface area (Å²) in [5.74, 6) is -0.276. The fourth-order valence-corrected chi connectivity index (χ4v) is 1.61. The molecule has 0 fully saturated rings. The van der Waals surface area contributed by atoms with Gasteiger partial charge in [0.15, 0.2) is 0 Å². The van der Waals surface area contributed by atoms with Crippen molar-refractivity contribution in [2.24, 2.45) is 0 Å². The number of rotatable bonds is 2. The molecule has 0 bridgehead atoms. The molecule has 1 amide bonds. The lowest BCUT2D eigenvalue weighted by molar-refractivity contribution is 0.102. The molecule has 0 aliphatic heterocycles. The second-order valence-electron chi connectivity index (χ2n) is 4.04.